The minimum atomic E-state index is 0.111. The predicted molar refractivity (Wildman–Crippen MR) is 107 cm³/mol. The first kappa shape index (κ1) is 19.4. The van der Waals surface area contributed by atoms with Gasteiger partial charge in [-0.3, -0.25) is 4.79 Å². The molecule has 0 N–H and O–H groups in total. The van der Waals surface area contributed by atoms with Crippen LogP contribution in [0, 0.1) is 5.92 Å². The molecule has 1 amide bonds. The monoisotopic (exact) mass is 367 g/mol. The Morgan fingerprint density at radius 2 is 1.70 bits per heavy atom. The summed E-state index contributed by atoms with van der Waals surface area (Å²) in [6.45, 7) is 2.36. The number of likely N-dealkylation sites (tertiary alicyclic amines) is 1. The van der Waals surface area contributed by atoms with Crippen LogP contribution in [0.4, 0.5) is 0 Å². The van der Waals surface area contributed by atoms with Gasteiger partial charge in [-0.05, 0) is 54.9 Å². The molecule has 0 saturated carbocycles. The van der Waals surface area contributed by atoms with Crippen LogP contribution in [0.2, 0.25) is 0 Å². The van der Waals surface area contributed by atoms with Crippen molar-refractivity contribution in [2.45, 2.75) is 32.3 Å². The lowest BCUT2D eigenvalue weighted by Gasteiger charge is -2.32. The van der Waals surface area contributed by atoms with Crippen LogP contribution in [0.5, 0.6) is 5.75 Å². The van der Waals surface area contributed by atoms with Crippen LogP contribution in [0.25, 0.3) is 0 Å². The topological polar surface area (TPSA) is 38.8 Å². The van der Waals surface area contributed by atoms with Gasteiger partial charge in [0.05, 0.1) is 13.7 Å². The van der Waals surface area contributed by atoms with E-state index in [2.05, 4.69) is 12.1 Å². The van der Waals surface area contributed by atoms with Crippen molar-refractivity contribution in [1.82, 2.24) is 4.90 Å². The number of amides is 1. The van der Waals surface area contributed by atoms with Gasteiger partial charge in [0.1, 0.15) is 12.4 Å². The van der Waals surface area contributed by atoms with Crippen molar-refractivity contribution >= 4 is 5.91 Å². The second-order valence-electron chi connectivity index (χ2n) is 7.19. The van der Waals surface area contributed by atoms with Crippen molar-refractivity contribution < 1.29 is 14.3 Å². The molecule has 27 heavy (non-hydrogen) atoms. The molecule has 0 radical (unpaired) electrons. The standard InChI is InChI=1S/C23H29NO3/c1-26-22-11-9-19(10-12-22)7-8-20-13-15-24(16-14-20)23(25)18-27-17-21-5-3-2-4-6-21/h2-6,9-12,20H,7-8,13-18H2,1H3. The molecule has 0 aromatic heterocycles. The molecule has 1 fully saturated rings. The highest BCUT2D eigenvalue weighted by Gasteiger charge is 2.22. The smallest absolute Gasteiger partial charge is 0.248 e. The summed E-state index contributed by atoms with van der Waals surface area (Å²) >= 11 is 0. The average Bonchev–Trinajstić information content (AvgIpc) is 2.73. The number of hydrogen-bond acceptors (Lipinski definition) is 3. The van der Waals surface area contributed by atoms with E-state index in [9.17, 15) is 4.79 Å². The molecule has 1 saturated heterocycles. The molecule has 2 aromatic carbocycles. The molecule has 0 atom stereocenters. The van der Waals surface area contributed by atoms with Gasteiger partial charge in [-0.25, -0.2) is 0 Å². The normalized spacial score (nSPS) is 14.9. The molecule has 0 aliphatic carbocycles. The fraction of sp³-hybridized carbons (Fsp3) is 0.435. The number of piperidine rings is 1. The van der Waals surface area contributed by atoms with E-state index < -0.39 is 0 Å². The molecule has 0 unspecified atom stereocenters. The predicted octanol–water partition coefficient (Wildman–Crippen LogP) is 4.08. The summed E-state index contributed by atoms with van der Waals surface area (Å²) in [5.41, 5.74) is 2.45. The molecule has 1 aliphatic heterocycles. The number of carbonyl (C=O) groups excluding carboxylic acids is 1. The van der Waals surface area contributed by atoms with Gasteiger partial charge in [-0.1, -0.05) is 42.5 Å². The Kier molecular flexibility index (Phi) is 7.28. The number of methoxy groups -OCH3 is 1. The van der Waals surface area contributed by atoms with Crippen LogP contribution in [0.3, 0.4) is 0 Å². The zero-order valence-electron chi connectivity index (χ0n) is 16.1. The third kappa shape index (κ3) is 6.10. The lowest BCUT2D eigenvalue weighted by atomic mass is 9.90. The van der Waals surface area contributed by atoms with E-state index in [0.717, 1.165) is 43.7 Å². The first-order chi connectivity index (χ1) is 13.2. The molecule has 4 heteroatoms. The van der Waals surface area contributed by atoms with E-state index in [4.69, 9.17) is 9.47 Å². The number of ether oxygens (including phenoxy) is 2. The molecule has 0 bridgehead atoms. The van der Waals surface area contributed by atoms with Crippen LogP contribution in [-0.4, -0.2) is 37.6 Å². The van der Waals surface area contributed by atoms with Crippen LogP contribution < -0.4 is 4.74 Å². The number of aryl methyl sites for hydroxylation is 1. The van der Waals surface area contributed by atoms with Crippen molar-refractivity contribution in [2.75, 3.05) is 26.8 Å². The van der Waals surface area contributed by atoms with Crippen LogP contribution in [0.15, 0.2) is 54.6 Å². The van der Waals surface area contributed by atoms with Gasteiger partial charge in [0.15, 0.2) is 0 Å². The fourth-order valence-corrected chi connectivity index (χ4v) is 3.56. The lowest BCUT2D eigenvalue weighted by Crippen LogP contribution is -2.40. The summed E-state index contributed by atoms with van der Waals surface area (Å²) in [4.78, 5) is 14.3. The van der Waals surface area contributed by atoms with Crippen LogP contribution >= 0.6 is 0 Å². The highest BCUT2D eigenvalue weighted by atomic mass is 16.5. The van der Waals surface area contributed by atoms with Crippen molar-refractivity contribution in [3.8, 4) is 5.75 Å². The lowest BCUT2D eigenvalue weighted by molar-refractivity contribution is -0.138. The van der Waals surface area contributed by atoms with Gasteiger partial charge in [-0.15, -0.1) is 0 Å². The third-order valence-corrected chi connectivity index (χ3v) is 5.30. The van der Waals surface area contributed by atoms with E-state index in [1.54, 1.807) is 7.11 Å². The van der Waals surface area contributed by atoms with Crippen molar-refractivity contribution in [2.24, 2.45) is 5.92 Å². The summed E-state index contributed by atoms with van der Waals surface area (Å²) in [6, 6.07) is 18.3. The van der Waals surface area contributed by atoms with E-state index in [1.165, 1.54) is 12.0 Å². The molecular weight excluding hydrogens is 338 g/mol. The largest absolute Gasteiger partial charge is 0.497 e. The van der Waals surface area contributed by atoms with Gasteiger partial charge in [-0.2, -0.15) is 0 Å². The minimum Gasteiger partial charge on any atom is -0.497 e. The second kappa shape index (κ2) is 10.1. The van der Waals surface area contributed by atoms with Crippen molar-refractivity contribution in [1.29, 1.82) is 0 Å². The van der Waals surface area contributed by atoms with Crippen molar-refractivity contribution in [3.05, 3.63) is 65.7 Å². The summed E-state index contributed by atoms with van der Waals surface area (Å²) in [7, 11) is 1.69. The summed E-state index contributed by atoms with van der Waals surface area (Å²) in [6.07, 6.45) is 4.43. The SMILES string of the molecule is COc1ccc(CCC2CCN(C(=O)COCc3ccccc3)CC2)cc1. The molecular formula is C23H29NO3. The van der Waals surface area contributed by atoms with E-state index in [1.807, 2.05) is 47.4 Å². The molecule has 1 aliphatic rings. The Balaban J connectivity index is 1.33. The maximum absolute atomic E-state index is 12.3. The van der Waals surface area contributed by atoms with Gasteiger partial charge in [0, 0.05) is 13.1 Å². The summed E-state index contributed by atoms with van der Waals surface area (Å²) < 4.78 is 10.8. The maximum Gasteiger partial charge on any atom is 0.248 e. The fourth-order valence-electron chi connectivity index (χ4n) is 3.56. The van der Waals surface area contributed by atoms with Gasteiger partial charge in [0.2, 0.25) is 5.91 Å². The number of carbonyl (C=O) groups is 1. The van der Waals surface area contributed by atoms with Gasteiger partial charge < -0.3 is 14.4 Å². The molecule has 3 rings (SSSR count). The first-order valence-corrected chi connectivity index (χ1v) is 9.77. The Hall–Kier alpha value is -2.33. The maximum atomic E-state index is 12.3. The Bertz CT molecular complexity index is 691. The van der Waals surface area contributed by atoms with Gasteiger partial charge >= 0.3 is 0 Å². The zero-order chi connectivity index (χ0) is 18.9. The minimum absolute atomic E-state index is 0.111. The second-order valence-corrected chi connectivity index (χ2v) is 7.19. The zero-order valence-corrected chi connectivity index (χ0v) is 16.1. The summed E-state index contributed by atoms with van der Waals surface area (Å²) in [5.74, 6) is 1.71. The summed E-state index contributed by atoms with van der Waals surface area (Å²) in [5, 5.41) is 0. The Morgan fingerprint density at radius 1 is 1.00 bits per heavy atom. The van der Waals surface area contributed by atoms with E-state index in [-0.39, 0.29) is 12.5 Å². The number of nitrogens with zero attached hydrogens (tertiary/aromatic N) is 1. The van der Waals surface area contributed by atoms with Crippen molar-refractivity contribution in [3.63, 3.8) is 0 Å². The van der Waals surface area contributed by atoms with Gasteiger partial charge in [0.25, 0.3) is 0 Å². The molecule has 144 valence electrons. The molecule has 1 heterocycles. The van der Waals surface area contributed by atoms with Crippen LogP contribution in [0.1, 0.15) is 30.4 Å². The Labute approximate surface area is 162 Å². The highest BCUT2D eigenvalue weighted by Crippen LogP contribution is 2.23. The molecule has 4 nitrogen and oxygen atoms in total. The Morgan fingerprint density at radius 3 is 2.37 bits per heavy atom. The van der Waals surface area contributed by atoms with E-state index in [0.29, 0.717) is 12.5 Å². The third-order valence-electron chi connectivity index (χ3n) is 5.30. The molecule has 2 aromatic rings. The van der Waals surface area contributed by atoms with Crippen LogP contribution in [-0.2, 0) is 22.6 Å². The molecule has 0 spiro atoms. The quantitative estimate of drug-likeness (QED) is 0.706. The van der Waals surface area contributed by atoms with E-state index >= 15 is 0 Å². The number of benzene rings is 2. The number of rotatable bonds is 8. The average molecular weight is 367 g/mol. The number of hydrogen-bond donors (Lipinski definition) is 0. The first-order valence-electron chi connectivity index (χ1n) is 9.77. The highest BCUT2D eigenvalue weighted by molar-refractivity contribution is 5.77.